The molecule has 0 N–H and O–H groups in total. The number of unbranched alkanes of at least 4 members (excludes halogenated alkanes) is 37. The number of allylic oxidation sites excluding steroid dienone is 10. The molecule has 424 valence electrons. The zero-order valence-corrected chi connectivity index (χ0v) is 48.7. The van der Waals surface area contributed by atoms with E-state index in [9.17, 15) is 14.4 Å². The Morgan fingerprint density at radius 3 is 0.836 bits per heavy atom. The number of carbonyl (C=O) groups is 3. The highest BCUT2D eigenvalue weighted by Crippen LogP contribution is 2.18. The lowest BCUT2D eigenvalue weighted by Crippen LogP contribution is -2.30. The second-order valence-electron chi connectivity index (χ2n) is 21.3. The fourth-order valence-corrected chi connectivity index (χ4v) is 9.30. The molecule has 0 heterocycles. The van der Waals surface area contributed by atoms with Crippen molar-refractivity contribution in [2.45, 2.75) is 335 Å². The van der Waals surface area contributed by atoms with Gasteiger partial charge in [0.05, 0.1) is 0 Å². The predicted molar refractivity (Wildman–Crippen MR) is 316 cm³/mol. The van der Waals surface area contributed by atoms with Gasteiger partial charge >= 0.3 is 17.9 Å². The monoisotopic (exact) mass is 1020 g/mol. The quantitative estimate of drug-likeness (QED) is 0.0261. The average Bonchev–Trinajstić information content (AvgIpc) is 3.39. The van der Waals surface area contributed by atoms with Gasteiger partial charge < -0.3 is 14.2 Å². The maximum absolute atomic E-state index is 12.8. The maximum atomic E-state index is 12.8. The molecular weight excluding hydrogens is 901 g/mol. The lowest BCUT2D eigenvalue weighted by atomic mass is 10.0. The van der Waals surface area contributed by atoms with Crippen LogP contribution in [0.4, 0.5) is 0 Å². The minimum Gasteiger partial charge on any atom is -0.462 e. The van der Waals surface area contributed by atoms with Crippen LogP contribution in [0.2, 0.25) is 0 Å². The molecule has 0 bridgehead atoms. The maximum Gasteiger partial charge on any atom is 0.306 e. The van der Waals surface area contributed by atoms with Crippen LogP contribution >= 0.6 is 0 Å². The fourth-order valence-electron chi connectivity index (χ4n) is 9.30. The number of hydrogen-bond donors (Lipinski definition) is 0. The standard InChI is InChI=1S/C67H120O6/c1-4-7-10-13-15-17-19-21-23-25-27-29-31-33-35-37-39-41-43-45-47-49-51-54-57-60-66(69)72-63-64(62-71-65(68)59-56-53-12-9-6-3)73-67(70)61-58-55-52-50-48-46-44-42-40-38-36-34-32-30-28-26-24-22-20-18-16-14-11-8-5-2/h7,10,15,17,21,23,27,29,33,35,64H,4-6,8-9,11-14,16,18-20,22,24-26,28,30-32,34,36-63H2,1-3H3/b10-7-,17-15-,23-21-,29-27-,35-33-. The third-order valence-electron chi connectivity index (χ3n) is 14.0. The van der Waals surface area contributed by atoms with E-state index in [1.54, 1.807) is 0 Å². The molecule has 1 unspecified atom stereocenters. The van der Waals surface area contributed by atoms with Gasteiger partial charge in [-0.3, -0.25) is 14.4 Å². The van der Waals surface area contributed by atoms with Gasteiger partial charge in [-0.1, -0.05) is 306 Å². The topological polar surface area (TPSA) is 78.9 Å². The number of esters is 3. The Hall–Kier alpha value is -2.89. The summed E-state index contributed by atoms with van der Waals surface area (Å²) in [6.45, 7) is 6.48. The third-order valence-corrected chi connectivity index (χ3v) is 14.0. The molecule has 0 aromatic heterocycles. The molecule has 0 fully saturated rings. The Morgan fingerprint density at radius 2 is 0.534 bits per heavy atom. The van der Waals surface area contributed by atoms with Crippen LogP contribution in [0.5, 0.6) is 0 Å². The van der Waals surface area contributed by atoms with Crippen molar-refractivity contribution in [2.75, 3.05) is 13.2 Å². The molecule has 0 aromatic rings. The van der Waals surface area contributed by atoms with Gasteiger partial charge in [-0.15, -0.1) is 0 Å². The van der Waals surface area contributed by atoms with Crippen LogP contribution in [0.1, 0.15) is 329 Å². The van der Waals surface area contributed by atoms with Crippen molar-refractivity contribution in [2.24, 2.45) is 0 Å². The van der Waals surface area contributed by atoms with Crippen molar-refractivity contribution in [3.05, 3.63) is 60.8 Å². The Bertz CT molecular complexity index is 1310. The molecule has 6 heteroatoms. The minimum atomic E-state index is -0.771. The highest BCUT2D eigenvalue weighted by Gasteiger charge is 2.19. The predicted octanol–water partition coefficient (Wildman–Crippen LogP) is 21.6. The molecule has 0 saturated heterocycles. The summed E-state index contributed by atoms with van der Waals surface area (Å²) < 4.78 is 16.8. The van der Waals surface area contributed by atoms with Gasteiger partial charge in [-0.05, 0) is 64.2 Å². The van der Waals surface area contributed by atoms with Crippen LogP contribution in [-0.4, -0.2) is 37.2 Å². The SMILES string of the molecule is CC/C=C\C/C=C\C/C=C\C/C=C\C/C=C\CCCCCCCCCCCC(=O)OCC(COC(=O)CCCCCCC)OC(=O)CCCCCCCCCCCCCCCCCCCCCCCCCCC. The first-order valence-corrected chi connectivity index (χ1v) is 31.8. The zero-order chi connectivity index (χ0) is 52.9. The minimum absolute atomic E-state index is 0.0737. The molecule has 0 spiro atoms. The Labute approximate surface area is 453 Å². The number of carbonyl (C=O) groups excluding carboxylic acids is 3. The lowest BCUT2D eigenvalue weighted by Gasteiger charge is -2.18. The number of ether oxygens (including phenoxy) is 3. The molecule has 0 aliphatic heterocycles. The van der Waals surface area contributed by atoms with Gasteiger partial charge in [0.1, 0.15) is 13.2 Å². The average molecular weight is 1020 g/mol. The first-order chi connectivity index (χ1) is 36.0. The van der Waals surface area contributed by atoms with Gasteiger partial charge in [-0.2, -0.15) is 0 Å². The summed E-state index contributed by atoms with van der Waals surface area (Å²) in [5.41, 5.74) is 0. The van der Waals surface area contributed by atoms with E-state index in [4.69, 9.17) is 14.2 Å². The molecule has 0 amide bonds. The van der Waals surface area contributed by atoms with Crippen LogP contribution < -0.4 is 0 Å². The van der Waals surface area contributed by atoms with Crippen LogP contribution in [-0.2, 0) is 28.6 Å². The Kier molecular flexibility index (Phi) is 59.2. The molecule has 0 aliphatic rings. The first kappa shape index (κ1) is 70.1. The fraction of sp³-hybridized carbons (Fsp3) is 0.806. The smallest absolute Gasteiger partial charge is 0.306 e. The summed E-state index contributed by atoms with van der Waals surface area (Å²) in [5.74, 6) is -0.877. The highest BCUT2D eigenvalue weighted by molar-refractivity contribution is 5.71. The zero-order valence-electron chi connectivity index (χ0n) is 48.7. The van der Waals surface area contributed by atoms with Crippen molar-refractivity contribution in [1.82, 2.24) is 0 Å². The summed E-state index contributed by atoms with van der Waals surface area (Å²) >= 11 is 0. The molecular formula is C67H120O6. The van der Waals surface area contributed by atoms with E-state index in [1.807, 2.05) is 0 Å². The van der Waals surface area contributed by atoms with Crippen molar-refractivity contribution < 1.29 is 28.6 Å². The molecule has 0 aromatic carbocycles. The summed E-state index contributed by atoms with van der Waals surface area (Å²) in [4.78, 5) is 37.9. The number of rotatable bonds is 58. The van der Waals surface area contributed by atoms with Gasteiger partial charge in [0, 0.05) is 19.3 Å². The Morgan fingerprint density at radius 1 is 0.288 bits per heavy atom. The molecule has 1 atom stereocenters. The van der Waals surface area contributed by atoms with E-state index >= 15 is 0 Å². The molecule has 0 rings (SSSR count). The van der Waals surface area contributed by atoms with Crippen molar-refractivity contribution in [3.8, 4) is 0 Å². The van der Waals surface area contributed by atoms with Crippen LogP contribution in [0, 0.1) is 0 Å². The second-order valence-corrected chi connectivity index (χ2v) is 21.3. The van der Waals surface area contributed by atoms with E-state index in [0.29, 0.717) is 19.3 Å². The van der Waals surface area contributed by atoms with Crippen molar-refractivity contribution >= 4 is 17.9 Å². The largest absolute Gasteiger partial charge is 0.462 e. The summed E-state index contributed by atoms with van der Waals surface area (Å²) in [5, 5.41) is 0. The summed E-state index contributed by atoms with van der Waals surface area (Å²) in [6, 6.07) is 0. The van der Waals surface area contributed by atoms with E-state index in [2.05, 4.69) is 81.5 Å². The normalized spacial score (nSPS) is 12.4. The van der Waals surface area contributed by atoms with Gasteiger partial charge in [0.25, 0.3) is 0 Å². The molecule has 6 nitrogen and oxygen atoms in total. The van der Waals surface area contributed by atoms with Gasteiger partial charge in [-0.25, -0.2) is 0 Å². The summed E-state index contributed by atoms with van der Waals surface area (Å²) in [7, 11) is 0. The summed E-state index contributed by atoms with van der Waals surface area (Å²) in [6.07, 6.45) is 78.5. The van der Waals surface area contributed by atoms with Gasteiger partial charge in [0.15, 0.2) is 6.10 Å². The molecule has 73 heavy (non-hydrogen) atoms. The van der Waals surface area contributed by atoms with E-state index < -0.39 is 6.10 Å². The van der Waals surface area contributed by atoms with Crippen molar-refractivity contribution in [3.63, 3.8) is 0 Å². The first-order valence-electron chi connectivity index (χ1n) is 31.8. The molecule has 0 radical (unpaired) electrons. The van der Waals surface area contributed by atoms with Crippen LogP contribution in [0.3, 0.4) is 0 Å². The van der Waals surface area contributed by atoms with Crippen molar-refractivity contribution in [1.29, 1.82) is 0 Å². The van der Waals surface area contributed by atoms with Crippen LogP contribution in [0.15, 0.2) is 60.8 Å². The highest BCUT2D eigenvalue weighted by atomic mass is 16.6. The van der Waals surface area contributed by atoms with E-state index in [0.717, 1.165) is 103 Å². The van der Waals surface area contributed by atoms with Crippen LogP contribution in [0.25, 0.3) is 0 Å². The molecule has 0 aliphatic carbocycles. The van der Waals surface area contributed by atoms with Gasteiger partial charge in [0.2, 0.25) is 0 Å². The Balaban J connectivity index is 4.02. The van der Waals surface area contributed by atoms with E-state index in [1.165, 1.54) is 186 Å². The third kappa shape index (κ3) is 59.9. The number of hydrogen-bond acceptors (Lipinski definition) is 6. The second kappa shape index (κ2) is 61.7. The van der Waals surface area contributed by atoms with E-state index in [-0.39, 0.29) is 31.1 Å². The molecule has 0 saturated carbocycles. The lowest BCUT2D eigenvalue weighted by molar-refractivity contribution is -0.167.